The van der Waals surface area contributed by atoms with Gasteiger partial charge in [-0.05, 0) is 30.3 Å². The minimum absolute atomic E-state index is 0.191. The summed E-state index contributed by atoms with van der Waals surface area (Å²) >= 11 is 0. The van der Waals surface area contributed by atoms with Crippen molar-refractivity contribution in [2.24, 2.45) is 7.05 Å². The van der Waals surface area contributed by atoms with Crippen molar-refractivity contribution in [3.05, 3.63) is 54.2 Å². The Morgan fingerprint density at radius 1 is 1.15 bits per heavy atom. The minimum Gasteiger partial charge on any atom is -0.497 e. The Hall–Kier alpha value is -3.48. The van der Waals surface area contributed by atoms with Crippen LogP contribution in [0.5, 0.6) is 17.2 Å². The van der Waals surface area contributed by atoms with E-state index in [0.29, 0.717) is 22.9 Å². The molecule has 132 valence electrons. The molecule has 0 bridgehead atoms. The monoisotopic (exact) mass is 351 g/mol. The van der Waals surface area contributed by atoms with Crippen LogP contribution in [-0.2, 0) is 7.05 Å². The van der Waals surface area contributed by atoms with E-state index in [2.05, 4.69) is 10.4 Å². The maximum Gasteiger partial charge on any atom is 0.276 e. The molecule has 2 heterocycles. The van der Waals surface area contributed by atoms with E-state index in [0.717, 1.165) is 17.0 Å². The molecule has 1 aromatic heterocycles. The number of aromatic nitrogens is 2. The van der Waals surface area contributed by atoms with E-state index in [9.17, 15) is 4.79 Å². The molecule has 0 spiro atoms. The lowest BCUT2D eigenvalue weighted by molar-refractivity contribution is 0.102. The third-order valence-corrected chi connectivity index (χ3v) is 4.11. The number of nitrogens with one attached hydrogen (secondary N) is 1. The lowest BCUT2D eigenvalue weighted by Crippen LogP contribution is -2.12. The lowest BCUT2D eigenvalue weighted by Gasteiger charge is -2.04. The molecule has 0 saturated carbocycles. The number of anilines is 1. The van der Waals surface area contributed by atoms with E-state index in [1.165, 1.54) is 0 Å². The van der Waals surface area contributed by atoms with Crippen LogP contribution in [0.15, 0.2) is 48.5 Å². The third kappa shape index (κ3) is 2.95. The molecule has 1 aliphatic rings. The van der Waals surface area contributed by atoms with Crippen molar-refractivity contribution in [3.8, 4) is 28.5 Å². The second-order valence-electron chi connectivity index (χ2n) is 5.79. The molecule has 26 heavy (non-hydrogen) atoms. The molecule has 0 fully saturated rings. The Labute approximate surface area is 150 Å². The van der Waals surface area contributed by atoms with Crippen LogP contribution in [0.2, 0.25) is 0 Å². The van der Waals surface area contributed by atoms with Crippen molar-refractivity contribution in [1.29, 1.82) is 0 Å². The number of ether oxygens (including phenoxy) is 3. The first kappa shape index (κ1) is 16.0. The molecule has 1 aliphatic heterocycles. The maximum atomic E-state index is 12.6. The number of aryl methyl sites for hydroxylation is 1. The fourth-order valence-electron chi connectivity index (χ4n) is 2.80. The molecular formula is C19H17N3O4. The van der Waals surface area contributed by atoms with Crippen molar-refractivity contribution in [2.45, 2.75) is 0 Å². The second kappa shape index (κ2) is 6.44. The Morgan fingerprint density at radius 3 is 2.85 bits per heavy atom. The van der Waals surface area contributed by atoms with Crippen molar-refractivity contribution in [1.82, 2.24) is 9.78 Å². The molecule has 0 radical (unpaired) electrons. The Balaban J connectivity index is 1.57. The van der Waals surface area contributed by atoms with E-state index in [1.54, 1.807) is 43.1 Å². The fraction of sp³-hybridized carbons (Fsp3) is 0.158. The SMILES string of the molecule is COc1cccc(-c2cc(C(=O)Nc3ccc4c(c3)OCO4)nn2C)c1. The molecule has 0 saturated heterocycles. The number of hydrogen-bond donors (Lipinski definition) is 1. The van der Waals surface area contributed by atoms with Crippen LogP contribution in [-0.4, -0.2) is 29.6 Å². The predicted molar refractivity (Wildman–Crippen MR) is 95.7 cm³/mol. The molecule has 2 aromatic carbocycles. The topological polar surface area (TPSA) is 74.6 Å². The van der Waals surface area contributed by atoms with Gasteiger partial charge in [-0.2, -0.15) is 5.10 Å². The molecule has 4 rings (SSSR count). The summed E-state index contributed by atoms with van der Waals surface area (Å²) in [5, 5.41) is 7.15. The summed E-state index contributed by atoms with van der Waals surface area (Å²) in [7, 11) is 3.42. The van der Waals surface area contributed by atoms with Gasteiger partial charge in [0.15, 0.2) is 17.2 Å². The summed E-state index contributed by atoms with van der Waals surface area (Å²) in [5.41, 5.74) is 2.68. The molecule has 0 unspecified atom stereocenters. The number of hydrogen-bond acceptors (Lipinski definition) is 5. The predicted octanol–water partition coefficient (Wildman–Crippen LogP) is 3.08. The van der Waals surface area contributed by atoms with Gasteiger partial charge < -0.3 is 19.5 Å². The highest BCUT2D eigenvalue weighted by Crippen LogP contribution is 2.34. The highest BCUT2D eigenvalue weighted by atomic mass is 16.7. The molecule has 0 atom stereocenters. The molecular weight excluding hydrogens is 334 g/mol. The van der Waals surface area contributed by atoms with E-state index < -0.39 is 0 Å². The molecule has 1 amide bonds. The summed E-state index contributed by atoms with van der Waals surface area (Å²) in [5.74, 6) is 1.73. The number of rotatable bonds is 4. The van der Waals surface area contributed by atoms with Gasteiger partial charge in [0.05, 0.1) is 12.8 Å². The smallest absolute Gasteiger partial charge is 0.276 e. The van der Waals surface area contributed by atoms with Crippen LogP contribution < -0.4 is 19.5 Å². The average molecular weight is 351 g/mol. The normalized spacial score (nSPS) is 12.1. The summed E-state index contributed by atoms with van der Waals surface area (Å²) < 4.78 is 17.5. The Kier molecular flexibility index (Phi) is 3.96. The fourth-order valence-corrected chi connectivity index (χ4v) is 2.80. The van der Waals surface area contributed by atoms with Crippen molar-refractivity contribution >= 4 is 11.6 Å². The number of methoxy groups -OCH3 is 1. The number of carbonyl (C=O) groups is 1. The van der Waals surface area contributed by atoms with Gasteiger partial charge in [0.2, 0.25) is 6.79 Å². The molecule has 7 heteroatoms. The Bertz CT molecular complexity index is 981. The number of amides is 1. The van der Waals surface area contributed by atoms with Gasteiger partial charge in [0, 0.05) is 24.4 Å². The number of carbonyl (C=O) groups excluding carboxylic acids is 1. The highest BCUT2D eigenvalue weighted by Gasteiger charge is 2.17. The first-order valence-corrected chi connectivity index (χ1v) is 8.03. The van der Waals surface area contributed by atoms with Crippen LogP contribution in [0.4, 0.5) is 5.69 Å². The number of benzene rings is 2. The zero-order chi connectivity index (χ0) is 18.1. The molecule has 1 N–H and O–H groups in total. The van der Waals surface area contributed by atoms with Crippen molar-refractivity contribution in [3.63, 3.8) is 0 Å². The van der Waals surface area contributed by atoms with Crippen LogP contribution >= 0.6 is 0 Å². The standard InChI is InChI=1S/C19H17N3O4/c1-22-16(12-4-3-5-14(8-12)24-2)10-15(21-22)19(23)20-13-6-7-17-18(9-13)26-11-25-17/h3-10H,11H2,1-2H3,(H,20,23). The maximum absolute atomic E-state index is 12.6. The van der Waals surface area contributed by atoms with Gasteiger partial charge in [-0.25, -0.2) is 0 Å². The Morgan fingerprint density at radius 2 is 2.00 bits per heavy atom. The lowest BCUT2D eigenvalue weighted by atomic mass is 10.1. The van der Waals surface area contributed by atoms with Crippen molar-refractivity contribution < 1.29 is 19.0 Å². The van der Waals surface area contributed by atoms with Gasteiger partial charge in [0.25, 0.3) is 5.91 Å². The first-order chi connectivity index (χ1) is 12.6. The van der Waals surface area contributed by atoms with Gasteiger partial charge >= 0.3 is 0 Å². The summed E-state index contributed by atoms with van der Waals surface area (Å²) in [6.07, 6.45) is 0. The second-order valence-corrected chi connectivity index (χ2v) is 5.79. The summed E-state index contributed by atoms with van der Waals surface area (Å²) in [6, 6.07) is 14.6. The van der Waals surface area contributed by atoms with Gasteiger partial charge in [-0.15, -0.1) is 0 Å². The van der Waals surface area contributed by atoms with E-state index in [1.807, 2.05) is 24.3 Å². The summed E-state index contributed by atoms with van der Waals surface area (Å²) in [6.45, 7) is 0.191. The zero-order valence-electron chi connectivity index (χ0n) is 14.4. The van der Waals surface area contributed by atoms with Crippen molar-refractivity contribution in [2.75, 3.05) is 19.2 Å². The molecule has 7 nitrogen and oxygen atoms in total. The van der Waals surface area contributed by atoms with Gasteiger partial charge in [-0.3, -0.25) is 9.48 Å². The minimum atomic E-state index is -0.298. The van der Waals surface area contributed by atoms with Gasteiger partial charge in [0.1, 0.15) is 5.75 Å². The average Bonchev–Trinajstić information content (AvgIpc) is 3.27. The quantitative estimate of drug-likeness (QED) is 0.782. The van der Waals surface area contributed by atoms with Gasteiger partial charge in [-0.1, -0.05) is 12.1 Å². The van der Waals surface area contributed by atoms with Crippen LogP contribution in [0.25, 0.3) is 11.3 Å². The zero-order valence-corrected chi connectivity index (χ0v) is 14.4. The van der Waals surface area contributed by atoms with Crippen LogP contribution in [0, 0.1) is 0 Å². The van der Waals surface area contributed by atoms with E-state index in [4.69, 9.17) is 14.2 Å². The number of nitrogens with zero attached hydrogens (tertiary/aromatic N) is 2. The van der Waals surface area contributed by atoms with Crippen LogP contribution in [0.3, 0.4) is 0 Å². The van der Waals surface area contributed by atoms with E-state index >= 15 is 0 Å². The largest absolute Gasteiger partial charge is 0.497 e. The highest BCUT2D eigenvalue weighted by molar-refractivity contribution is 6.03. The third-order valence-electron chi connectivity index (χ3n) is 4.11. The first-order valence-electron chi connectivity index (χ1n) is 8.03. The van der Waals surface area contributed by atoms with E-state index in [-0.39, 0.29) is 12.7 Å². The molecule has 0 aliphatic carbocycles. The summed E-state index contributed by atoms with van der Waals surface area (Å²) in [4.78, 5) is 12.6. The molecule has 3 aromatic rings. The van der Waals surface area contributed by atoms with Crippen LogP contribution in [0.1, 0.15) is 10.5 Å². The number of fused-ring (bicyclic) bond motifs is 1.